The van der Waals surface area contributed by atoms with E-state index in [1.165, 1.54) is 161 Å². The molecule has 40 heavy (non-hydrogen) atoms. The fraction of sp³-hybridized carbons (Fsp3) is 0.919. The van der Waals surface area contributed by atoms with E-state index in [9.17, 15) is 9.90 Å². The zero-order chi connectivity index (χ0) is 30.0. The van der Waals surface area contributed by atoms with Crippen LogP contribution in [0.1, 0.15) is 194 Å². The number of carbonyl (C=O) groups excluding carboxylic acids is 1. The van der Waals surface area contributed by atoms with Gasteiger partial charge in [0.1, 0.15) is 0 Å². The minimum absolute atomic E-state index is 0.220. The van der Waals surface area contributed by atoms with Gasteiger partial charge in [-0.15, -0.1) is 0 Å². The Balaban J connectivity index is 0. The van der Waals surface area contributed by atoms with Gasteiger partial charge in [0.2, 0.25) is 0 Å². The minimum atomic E-state index is -0.914. The van der Waals surface area contributed by atoms with Crippen molar-refractivity contribution in [3.8, 4) is 0 Å². The summed E-state index contributed by atoms with van der Waals surface area (Å²) in [4.78, 5) is 10.2. The van der Waals surface area contributed by atoms with Crippen molar-refractivity contribution in [1.82, 2.24) is 0 Å². The van der Waals surface area contributed by atoms with E-state index < -0.39 is 5.97 Å². The van der Waals surface area contributed by atoms with Crippen LogP contribution in [0.3, 0.4) is 0 Å². The van der Waals surface area contributed by atoms with Gasteiger partial charge in [0.15, 0.2) is 0 Å². The number of carbonyl (C=O) groups is 1. The Morgan fingerprint density at radius 2 is 0.775 bits per heavy atom. The lowest BCUT2D eigenvalue weighted by atomic mass is 10.0. The van der Waals surface area contributed by atoms with Crippen molar-refractivity contribution < 1.29 is 14.4 Å². The van der Waals surface area contributed by atoms with Crippen LogP contribution in [0.15, 0.2) is 12.2 Å². The number of carboxylic acid groups (broad SMARTS) is 1. The van der Waals surface area contributed by atoms with Gasteiger partial charge in [-0.05, 0) is 51.4 Å². The second-order valence-corrected chi connectivity index (χ2v) is 13.3. The first-order chi connectivity index (χ1) is 19.3. The summed E-state index contributed by atoms with van der Waals surface area (Å²) in [5.41, 5.74) is 0. The molecule has 0 aromatic rings. The Labute approximate surface area is 253 Å². The molecule has 0 radical (unpaired) electrons. The first-order valence-corrected chi connectivity index (χ1v) is 18.0. The van der Waals surface area contributed by atoms with E-state index >= 15 is 0 Å². The van der Waals surface area contributed by atoms with E-state index in [0.717, 1.165) is 23.7 Å². The lowest BCUT2D eigenvalue weighted by Crippen LogP contribution is -2.35. The molecular weight excluding hydrogens is 490 g/mol. The molecule has 0 aliphatic rings. The predicted octanol–water partition coefficient (Wildman–Crippen LogP) is 10.9. The van der Waals surface area contributed by atoms with Crippen molar-refractivity contribution in [2.45, 2.75) is 194 Å². The Kier molecular flexibility index (Phi) is 35.5. The molecule has 0 N–H and O–H groups in total. The molecule has 0 saturated carbocycles. The average molecular weight is 566 g/mol. The molecule has 0 aromatic carbocycles. The molecule has 3 heteroatoms. The highest BCUT2D eigenvalue weighted by atomic mass is 16.4. The molecule has 0 aliphatic carbocycles. The molecule has 0 bridgehead atoms. The van der Waals surface area contributed by atoms with Crippen molar-refractivity contribution in [3.63, 3.8) is 0 Å². The first kappa shape index (κ1) is 41.3. The van der Waals surface area contributed by atoms with Gasteiger partial charge < -0.3 is 14.4 Å². The summed E-state index contributed by atoms with van der Waals surface area (Å²) in [6.07, 6.45) is 41.3. The molecule has 0 aliphatic heterocycles. The highest BCUT2D eigenvalue weighted by Crippen LogP contribution is 2.13. The van der Waals surface area contributed by atoms with Gasteiger partial charge in [-0.25, -0.2) is 0 Å². The maximum Gasteiger partial charge on any atom is 0.0780 e. The molecule has 240 valence electrons. The van der Waals surface area contributed by atoms with Gasteiger partial charge in [0.05, 0.1) is 27.7 Å². The van der Waals surface area contributed by atoms with Gasteiger partial charge in [-0.1, -0.05) is 154 Å². The molecule has 0 amide bonds. The van der Waals surface area contributed by atoms with Crippen molar-refractivity contribution in [2.24, 2.45) is 0 Å². The third-order valence-electron chi connectivity index (χ3n) is 7.83. The summed E-state index contributed by atoms with van der Waals surface area (Å²) in [7, 11) is 6.88. The number of hydrogen-bond donors (Lipinski definition) is 0. The highest BCUT2D eigenvalue weighted by Gasteiger charge is 2.05. The topological polar surface area (TPSA) is 40.1 Å². The van der Waals surface area contributed by atoms with Crippen LogP contribution in [0.4, 0.5) is 0 Å². The number of carboxylic acids is 1. The van der Waals surface area contributed by atoms with E-state index in [4.69, 9.17) is 0 Å². The van der Waals surface area contributed by atoms with Gasteiger partial charge in [0, 0.05) is 5.97 Å². The molecule has 0 fully saturated rings. The van der Waals surface area contributed by atoms with Crippen LogP contribution < -0.4 is 5.11 Å². The molecule has 0 spiro atoms. The van der Waals surface area contributed by atoms with Crippen LogP contribution in [0.2, 0.25) is 0 Å². The molecule has 0 unspecified atom stereocenters. The van der Waals surface area contributed by atoms with Crippen molar-refractivity contribution in [1.29, 1.82) is 0 Å². The quantitative estimate of drug-likeness (QED) is 0.0493. The molecule has 3 nitrogen and oxygen atoms in total. The fourth-order valence-electron chi connectivity index (χ4n) is 5.12. The second kappa shape index (κ2) is 34.4. The van der Waals surface area contributed by atoms with E-state index in [1.54, 1.807) is 0 Å². The molecular formula is C37H75NO2. The van der Waals surface area contributed by atoms with Crippen LogP contribution in [0.5, 0.6) is 0 Å². The van der Waals surface area contributed by atoms with E-state index in [1.807, 2.05) is 0 Å². The van der Waals surface area contributed by atoms with Crippen LogP contribution in [0, 0.1) is 0 Å². The Bertz CT molecular complexity index is 509. The predicted molar refractivity (Wildman–Crippen MR) is 178 cm³/mol. The van der Waals surface area contributed by atoms with E-state index in [0.29, 0.717) is 0 Å². The number of allylic oxidation sites excluding steroid dienone is 2. The number of aliphatic carboxylic acids is 1. The number of quaternary nitrogens is 1. The summed E-state index contributed by atoms with van der Waals surface area (Å²) in [5, 5.41) is 10.2. The van der Waals surface area contributed by atoms with Crippen molar-refractivity contribution in [3.05, 3.63) is 12.2 Å². The van der Waals surface area contributed by atoms with Crippen LogP contribution in [0.25, 0.3) is 0 Å². The maximum atomic E-state index is 10.2. The zero-order valence-corrected chi connectivity index (χ0v) is 28.4. The summed E-state index contributed by atoms with van der Waals surface area (Å²) in [6, 6.07) is 0. The third-order valence-corrected chi connectivity index (χ3v) is 7.83. The number of unbranched alkanes of at least 4 members (excludes halogenated alkanes) is 24. The third kappa shape index (κ3) is 44.2. The summed E-state index contributed by atoms with van der Waals surface area (Å²) < 4.78 is 1.12. The van der Waals surface area contributed by atoms with Crippen LogP contribution in [-0.4, -0.2) is 38.1 Å². The summed E-state index contributed by atoms with van der Waals surface area (Å²) >= 11 is 0. The molecule has 0 saturated heterocycles. The average Bonchev–Trinajstić information content (AvgIpc) is 2.90. The summed E-state index contributed by atoms with van der Waals surface area (Å²) in [5.74, 6) is -0.914. The SMILES string of the molecule is CCCCCCCC/C=C\CCCCCCCC(=O)[O-].CCCCCCCCCCCCCCCC[N+](C)(C)C. The van der Waals surface area contributed by atoms with Gasteiger partial charge >= 0.3 is 0 Å². The summed E-state index contributed by atoms with van der Waals surface area (Å²) in [6.45, 7) is 5.88. The lowest BCUT2D eigenvalue weighted by molar-refractivity contribution is -0.870. The van der Waals surface area contributed by atoms with Gasteiger partial charge in [-0.2, -0.15) is 0 Å². The van der Waals surface area contributed by atoms with Crippen LogP contribution in [-0.2, 0) is 4.79 Å². The fourth-order valence-corrected chi connectivity index (χ4v) is 5.12. The Morgan fingerprint density at radius 3 is 1.10 bits per heavy atom. The van der Waals surface area contributed by atoms with Crippen molar-refractivity contribution >= 4 is 5.97 Å². The second-order valence-electron chi connectivity index (χ2n) is 13.3. The monoisotopic (exact) mass is 566 g/mol. The zero-order valence-electron chi connectivity index (χ0n) is 28.4. The largest absolute Gasteiger partial charge is 0.550 e. The Morgan fingerprint density at radius 1 is 0.475 bits per heavy atom. The van der Waals surface area contributed by atoms with E-state index in [2.05, 4.69) is 47.1 Å². The lowest BCUT2D eigenvalue weighted by Gasteiger charge is -2.23. The standard InChI is InChI=1S/C19H42N.C18H34O2/c1-5-6-7-8-9-10-11-12-13-14-15-16-17-18-19-20(2,3)4;1-2-3-4-5-6-7-8-9-10-11-12-13-14-15-16-17-18(19)20/h5-19H2,1-4H3;9-10H,2-8,11-17H2,1H3,(H,19,20)/q+1;/p-1/b;10-9-. The highest BCUT2D eigenvalue weighted by molar-refractivity contribution is 5.64. The smallest absolute Gasteiger partial charge is 0.0780 e. The van der Waals surface area contributed by atoms with Crippen molar-refractivity contribution in [2.75, 3.05) is 27.7 Å². The molecule has 0 heterocycles. The van der Waals surface area contributed by atoms with E-state index in [-0.39, 0.29) is 6.42 Å². The van der Waals surface area contributed by atoms with Gasteiger partial charge in [-0.3, -0.25) is 0 Å². The molecule has 0 aromatic heterocycles. The maximum absolute atomic E-state index is 10.2. The minimum Gasteiger partial charge on any atom is -0.550 e. The van der Waals surface area contributed by atoms with Crippen LogP contribution >= 0.6 is 0 Å². The first-order valence-electron chi connectivity index (χ1n) is 18.0. The normalized spacial score (nSPS) is 11.6. The number of rotatable bonds is 30. The Hall–Kier alpha value is -0.830. The number of hydrogen-bond acceptors (Lipinski definition) is 2. The molecule has 0 rings (SSSR count). The number of nitrogens with zero attached hydrogens (tertiary/aromatic N) is 1. The molecule has 0 atom stereocenters. The van der Waals surface area contributed by atoms with Gasteiger partial charge in [0.25, 0.3) is 0 Å².